The van der Waals surface area contributed by atoms with E-state index in [0.29, 0.717) is 34.9 Å². The van der Waals surface area contributed by atoms with Gasteiger partial charge in [-0.15, -0.1) is 0 Å². The highest BCUT2D eigenvalue weighted by atomic mass is 16.2. The van der Waals surface area contributed by atoms with Crippen LogP contribution >= 0.6 is 0 Å². The fourth-order valence-electron chi connectivity index (χ4n) is 4.87. The summed E-state index contributed by atoms with van der Waals surface area (Å²) in [6.45, 7) is 6.04. The van der Waals surface area contributed by atoms with Gasteiger partial charge in [0.2, 0.25) is 0 Å². The van der Waals surface area contributed by atoms with E-state index in [2.05, 4.69) is 0 Å². The van der Waals surface area contributed by atoms with Crippen molar-refractivity contribution in [3.8, 4) is 0 Å². The summed E-state index contributed by atoms with van der Waals surface area (Å²) in [5, 5.41) is 0.778. The van der Waals surface area contributed by atoms with E-state index >= 15 is 0 Å². The number of hydrogen-bond acceptors (Lipinski definition) is 3. The molecule has 29 heavy (non-hydrogen) atoms. The summed E-state index contributed by atoms with van der Waals surface area (Å²) in [7, 11) is 0. The van der Waals surface area contributed by atoms with E-state index in [-0.39, 0.29) is 22.3 Å². The van der Waals surface area contributed by atoms with Gasteiger partial charge in [0.05, 0.1) is 16.5 Å². The van der Waals surface area contributed by atoms with Gasteiger partial charge in [-0.05, 0) is 42.0 Å². The molecule has 3 aromatic rings. The number of nitrogens with zero attached hydrogens (tertiary/aromatic N) is 2. The minimum absolute atomic E-state index is 0.0172. The van der Waals surface area contributed by atoms with Crippen molar-refractivity contribution >= 4 is 22.3 Å². The molecule has 1 aliphatic carbocycles. The van der Waals surface area contributed by atoms with Crippen LogP contribution in [0.1, 0.15) is 43.9 Å². The Balaban J connectivity index is 1.95. The average molecular weight is 386 g/mol. The maximum absolute atomic E-state index is 13.5. The number of ketones is 1. The van der Waals surface area contributed by atoms with Crippen LogP contribution in [0.25, 0.3) is 16.5 Å². The molecule has 2 aromatic carbocycles. The quantitative estimate of drug-likeness (QED) is 0.641. The third-order valence-electron chi connectivity index (χ3n) is 6.16. The van der Waals surface area contributed by atoms with Crippen molar-refractivity contribution in [2.45, 2.75) is 39.7 Å². The Morgan fingerprint density at radius 3 is 2.17 bits per heavy atom. The fourth-order valence-corrected chi connectivity index (χ4v) is 4.87. The van der Waals surface area contributed by atoms with Gasteiger partial charge in [0.1, 0.15) is 6.04 Å². The second-order valence-corrected chi connectivity index (χ2v) is 8.87. The van der Waals surface area contributed by atoms with Crippen molar-refractivity contribution in [1.82, 2.24) is 9.36 Å². The molecule has 0 N–H and O–H groups in total. The summed E-state index contributed by atoms with van der Waals surface area (Å²) in [6, 6.07) is 14.1. The number of Topliss-reactive ketones (excluding diaryl/α,β-unsaturated/α-hetero) is 1. The first-order valence-corrected chi connectivity index (χ1v) is 9.89. The number of carbonyl (C=O) groups excluding carboxylic acids is 1. The van der Waals surface area contributed by atoms with Crippen LogP contribution in [0.4, 0.5) is 0 Å². The number of benzene rings is 2. The van der Waals surface area contributed by atoms with Crippen molar-refractivity contribution in [2.24, 2.45) is 5.41 Å². The van der Waals surface area contributed by atoms with Crippen molar-refractivity contribution in [3.05, 3.63) is 85.9 Å². The molecule has 0 fully saturated rings. The van der Waals surface area contributed by atoms with Crippen molar-refractivity contribution < 1.29 is 4.79 Å². The molecule has 0 saturated carbocycles. The van der Waals surface area contributed by atoms with E-state index in [4.69, 9.17) is 0 Å². The molecule has 1 atom stereocenters. The molecule has 1 aromatic heterocycles. The van der Waals surface area contributed by atoms with Gasteiger partial charge in [-0.3, -0.25) is 14.4 Å². The summed E-state index contributed by atoms with van der Waals surface area (Å²) in [5.41, 5.74) is 2.39. The molecule has 5 rings (SSSR count). The van der Waals surface area contributed by atoms with Crippen molar-refractivity contribution in [2.75, 3.05) is 0 Å². The lowest BCUT2D eigenvalue weighted by atomic mass is 9.74. The van der Waals surface area contributed by atoms with Crippen LogP contribution in [0.5, 0.6) is 0 Å². The summed E-state index contributed by atoms with van der Waals surface area (Å²) >= 11 is 0. The number of carbonyl (C=O) groups is 1. The average Bonchev–Trinajstić information content (AvgIpc) is 3.01. The van der Waals surface area contributed by atoms with Gasteiger partial charge in [0.15, 0.2) is 5.78 Å². The summed E-state index contributed by atoms with van der Waals surface area (Å²) in [6.07, 6.45) is 0.985. The second-order valence-electron chi connectivity index (χ2n) is 8.87. The number of aryl methyl sites for hydroxylation is 1. The Labute approximate surface area is 167 Å². The normalized spacial score (nSPS) is 20.1. The van der Waals surface area contributed by atoms with Crippen molar-refractivity contribution in [3.63, 3.8) is 0 Å². The van der Waals surface area contributed by atoms with Crippen molar-refractivity contribution in [1.29, 1.82) is 0 Å². The smallest absolute Gasteiger partial charge is 0.277 e. The molecule has 5 heteroatoms. The zero-order valence-corrected chi connectivity index (χ0v) is 16.7. The molecule has 1 aliphatic heterocycles. The molecule has 0 radical (unpaired) electrons. The van der Waals surface area contributed by atoms with Crippen LogP contribution < -0.4 is 11.1 Å². The van der Waals surface area contributed by atoms with E-state index in [1.165, 1.54) is 9.36 Å². The van der Waals surface area contributed by atoms with Gasteiger partial charge in [0.25, 0.3) is 11.1 Å². The van der Waals surface area contributed by atoms with Gasteiger partial charge < -0.3 is 0 Å². The van der Waals surface area contributed by atoms with E-state index in [1.54, 1.807) is 24.3 Å². The summed E-state index contributed by atoms with van der Waals surface area (Å²) in [4.78, 5) is 40.3. The highest BCUT2D eigenvalue weighted by molar-refractivity contribution is 6.04. The fraction of sp³-hybridized carbons (Fsp3) is 0.292. The topological polar surface area (TPSA) is 61.1 Å². The molecule has 2 aliphatic rings. The first kappa shape index (κ1) is 17.9. The molecular formula is C24H22N2O3. The number of rotatable bonds is 1. The number of aromatic nitrogens is 2. The van der Waals surface area contributed by atoms with E-state index in [1.807, 2.05) is 45.0 Å². The minimum atomic E-state index is -0.570. The monoisotopic (exact) mass is 386 g/mol. The van der Waals surface area contributed by atoms with Crippen LogP contribution in [0, 0.1) is 12.3 Å². The molecule has 0 bridgehead atoms. The zero-order chi connectivity index (χ0) is 20.5. The predicted molar refractivity (Wildman–Crippen MR) is 113 cm³/mol. The summed E-state index contributed by atoms with van der Waals surface area (Å²) in [5.74, 6) is 0.0172. The molecule has 2 heterocycles. The first-order chi connectivity index (χ1) is 13.8. The van der Waals surface area contributed by atoms with Crippen LogP contribution in [-0.4, -0.2) is 15.1 Å². The maximum Gasteiger partial charge on any atom is 0.277 e. The molecule has 146 valence electrons. The number of hydrogen-bond donors (Lipinski definition) is 0. The number of allylic oxidation sites excluding steroid dienone is 2. The standard InChI is InChI=1S/C24H22N2O3/c1-14-8-4-5-9-15(14)21-20-18(12-24(2,3)13-19(20)27)25-22(28)16-10-6-7-11-17(16)23(29)26(21)25/h4-11,21H,12-13H2,1-3H3. The van der Waals surface area contributed by atoms with Crippen LogP contribution in [0.2, 0.25) is 0 Å². The molecule has 1 unspecified atom stereocenters. The number of fused-ring (bicyclic) bond motifs is 3. The van der Waals surface area contributed by atoms with Gasteiger partial charge in [0, 0.05) is 12.0 Å². The van der Waals surface area contributed by atoms with Gasteiger partial charge in [-0.2, -0.15) is 0 Å². The lowest BCUT2D eigenvalue weighted by molar-refractivity contribution is -0.118. The second kappa shape index (κ2) is 5.89. The van der Waals surface area contributed by atoms with Crippen LogP contribution in [0.3, 0.4) is 0 Å². The Kier molecular flexibility index (Phi) is 3.63. The first-order valence-electron chi connectivity index (χ1n) is 9.89. The molecule has 0 amide bonds. The molecule has 0 saturated heterocycles. The Morgan fingerprint density at radius 2 is 1.48 bits per heavy atom. The maximum atomic E-state index is 13.5. The largest absolute Gasteiger partial charge is 0.294 e. The van der Waals surface area contributed by atoms with Gasteiger partial charge >= 0.3 is 0 Å². The van der Waals surface area contributed by atoms with Gasteiger partial charge in [-0.25, -0.2) is 9.36 Å². The molecule has 5 nitrogen and oxygen atoms in total. The highest BCUT2D eigenvalue weighted by Gasteiger charge is 2.44. The minimum Gasteiger partial charge on any atom is -0.294 e. The third kappa shape index (κ3) is 2.43. The molecule has 0 spiro atoms. The lowest BCUT2D eigenvalue weighted by Gasteiger charge is -2.30. The van der Waals surface area contributed by atoms with E-state index in [9.17, 15) is 14.4 Å². The lowest BCUT2D eigenvalue weighted by Crippen LogP contribution is -2.37. The third-order valence-corrected chi connectivity index (χ3v) is 6.16. The highest BCUT2D eigenvalue weighted by Crippen LogP contribution is 2.47. The van der Waals surface area contributed by atoms with E-state index in [0.717, 1.165) is 11.1 Å². The predicted octanol–water partition coefficient (Wildman–Crippen LogP) is 3.67. The Bertz CT molecular complexity index is 1350. The summed E-state index contributed by atoms with van der Waals surface area (Å²) < 4.78 is 2.99. The SMILES string of the molecule is Cc1ccccc1C1C2=C(CC(C)(C)CC2=O)n2c(=O)c3ccccc3c(=O)n21. The van der Waals surface area contributed by atoms with Crippen LogP contribution in [-0.2, 0) is 4.79 Å². The zero-order valence-electron chi connectivity index (χ0n) is 16.7. The van der Waals surface area contributed by atoms with E-state index < -0.39 is 6.04 Å². The van der Waals surface area contributed by atoms with Crippen LogP contribution in [0.15, 0.2) is 63.7 Å². The Hall–Kier alpha value is -3.21. The molecular weight excluding hydrogens is 364 g/mol. The van der Waals surface area contributed by atoms with Gasteiger partial charge in [-0.1, -0.05) is 50.2 Å². The Morgan fingerprint density at radius 1 is 0.862 bits per heavy atom.